The van der Waals surface area contributed by atoms with Crippen molar-refractivity contribution in [1.29, 1.82) is 0 Å². The molecule has 0 aliphatic carbocycles. The number of nitrogens with two attached hydrogens (primary N) is 1. The Hall–Kier alpha value is -2.09. The van der Waals surface area contributed by atoms with E-state index in [9.17, 15) is 4.79 Å². The molecule has 0 aliphatic heterocycles. The molecule has 2 aromatic rings. The second-order valence-corrected chi connectivity index (χ2v) is 3.84. The van der Waals surface area contributed by atoms with Crippen LogP contribution >= 0.6 is 0 Å². The summed E-state index contributed by atoms with van der Waals surface area (Å²) in [5, 5.41) is 0. The number of rotatable bonds is 1. The summed E-state index contributed by atoms with van der Waals surface area (Å²) in [5.74, 6) is 0.121. The van der Waals surface area contributed by atoms with Crippen molar-refractivity contribution in [2.75, 3.05) is 5.73 Å². The van der Waals surface area contributed by atoms with Crippen LogP contribution in [0.3, 0.4) is 0 Å². The van der Waals surface area contributed by atoms with Gasteiger partial charge in [0.15, 0.2) is 5.78 Å². The van der Waals surface area contributed by atoms with Crippen molar-refractivity contribution in [2.24, 2.45) is 0 Å². The van der Waals surface area contributed by atoms with Crippen LogP contribution in [0.4, 0.5) is 5.69 Å². The third-order valence-electron chi connectivity index (χ3n) is 2.22. The average molecular weight is 287 g/mol. The third kappa shape index (κ3) is 11.4. The van der Waals surface area contributed by atoms with Gasteiger partial charge in [0.05, 0.1) is 0 Å². The number of carbonyl (C=O) groups is 1. The summed E-state index contributed by atoms with van der Waals surface area (Å²) in [6, 6.07) is 17.0. The number of carbonyl (C=O) groups excluding carboxylic acids is 1. The molecular weight excluding hydrogens is 258 g/mol. The van der Waals surface area contributed by atoms with E-state index in [1.165, 1.54) is 5.56 Å². The average Bonchev–Trinajstić information content (AvgIpc) is 2.52. The van der Waals surface area contributed by atoms with Gasteiger partial charge in [-0.05, 0) is 31.5 Å². The number of hydrogen-bond donors (Lipinski definition) is 1. The van der Waals surface area contributed by atoms with Crippen molar-refractivity contribution in [1.82, 2.24) is 0 Å². The molecule has 0 heterocycles. The first-order chi connectivity index (χ1) is 10.1. The minimum atomic E-state index is 0.121. The van der Waals surface area contributed by atoms with Crippen LogP contribution in [-0.2, 0) is 0 Å². The van der Waals surface area contributed by atoms with Crippen molar-refractivity contribution in [3.8, 4) is 0 Å². The Morgan fingerprint density at radius 1 is 0.857 bits per heavy atom. The molecule has 0 bridgehead atoms. The molecule has 0 saturated carbocycles. The van der Waals surface area contributed by atoms with Gasteiger partial charge in [-0.2, -0.15) is 0 Å². The number of hydrogen-bond acceptors (Lipinski definition) is 2. The Bertz CT molecular complexity index is 461. The van der Waals surface area contributed by atoms with E-state index in [2.05, 4.69) is 0 Å². The van der Waals surface area contributed by atoms with Gasteiger partial charge in [-0.15, -0.1) is 0 Å². The predicted molar refractivity (Wildman–Crippen MR) is 94.7 cm³/mol. The van der Waals surface area contributed by atoms with E-state index < -0.39 is 0 Å². The van der Waals surface area contributed by atoms with E-state index in [4.69, 9.17) is 5.73 Å². The zero-order valence-electron chi connectivity index (χ0n) is 14.2. The van der Waals surface area contributed by atoms with E-state index in [1.54, 1.807) is 6.92 Å². The maximum atomic E-state index is 10.6. The molecule has 116 valence electrons. The molecule has 0 radical (unpaired) electrons. The van der Waals surface area contributed by atoms with Gasteiger partial charge in [-0.3, -0.25) is 4.79 Å². The Morgan fingerprint density at radius 2 is 1.38 bits per heavy atom. The lowest BCUT2D eigenvalue weighted by atomic mass is 10.2. The summed E-state index contributed by atoms with van der Waals surface area (Å²) in [6.45, 7) is 11.6. The molecular formula is C19H29NO. The summed E-state index contributed by atoms with van der Waals surface area (Å²) in [5.41, 5.74) is 8.28. The van der Waals surface area contributed by atoms with Crippen molar-refractivity contribution >= 4 is 11.5 Å². The van der Waals surface area contributed by atoms with Crippen LogP contribution in [0.5, 0.6) is 0 Å². The normalized spacial score (nSPS) is 7.90. The number of Topliss-reactive ketones (excluding diaryl/α,β-unsaturated/α-hetero) is 1. The van der Waals surface area contributed by atoms with Crippen LogP contribution in [0.25, 0.3) is 0 Å². The minimum Gasteiger partial charge on any atom is -0.399 e. The zero-order chi connectivity index (χ0) is 16.7. The predicted octanol–water partition coefficient (Wildman–Crippen LogP) is 5.52. The fraction of sp³-hybridized carbons (Fsp3) is 0.316. The van der Waals surface area contributed by atoms with Gasteiger partial charge < -0.3 is 5.73 Å². The van der Waals surface area contributed by atoms with Gasteiger partial charge in [0.2, 0.25) is 0 Å². The molecule has 2 heteroatoms. The standard InChI is InChI=1S/C8H8O.C7H9N.2C2H6/c1-7(9)8-5-3-2-4-6-8;1-6-3-2-4-7(8)5-6;2*1-2/h2-6H,1H3;2-5H,8H2,1H3;2*1-2H3. The van der Waals surface area contributed by atoms with Crippen molar-refractivity contribution < 1.29 is 4.79 Å². The van der Waals surface area contributed by atoms with E-state index in [0.29, 0.717) is 0 Å². The number of nitrogen functional groups attached to an aromatic ring is 1. The van der Waals surface area contributed by atoms with Crippen molar-refractivity contribution in [2.45, 2.75) is 41.5 Å². The second-order valence-electron chi connectivity index (χ2n) is 3.84. The van der Waals surface area contributed by atoms with Gasteiger partial charge >= 0.3 is 0 Å². The smallest absolute Gasteiger partial charge is 0.159 e. The summed E-state index contributed by atoms with van der Waals surface area (Å²) < 4.78 is 0. The lowest BCUT2D eigenvalue weighted by Crippen LogP contribution is -1.88. The molecule has 0 amide bonds. The topological polar surface area (TPSA) is 43.1 Å². The highest BCUT2D eigenvalue weighted by atomic mass is 16.1. The van der Waals surface area contributed by atoms with E-state index >= 15 is 0 Å². The van der Waals surface area contributed by atoms with Gasteiger partial charge in [0.25, 0.3) is 0 Å². The first-order valence-electron chi connectivity index (χ1n) is 7.47. The molecule has 2 rings (SSSR count). The summed E-state index contributed by atoms with van der Waals surface area (Å²) in [7, 11) is 0. The number of ketones is 1. The van der Waals surface area contributed by atoms with Crippen molar-refractivity contribution in [3.63, 3.8) is 0 Å². The van der Waals surface area contributed by atoms with Crippen LogP contribution in [0, 0.1) is 6.92 Å². The summed E-state index contributed by atoms with van der Waals surface area (Å²) in [6.07, 6.45) is 0. The van der Waals surface area contributed by atoms with E-state index in [-0.39, 0.29) is 5.78 Å². The van der Waals surface area contributed by atoms with Gasteiger partial charge in [-0.25, -0.2) is 0 Å². The molecule has 2 N–H and O–H groups in total. The second kappa shape index (κ2) is 14.3. The van der Waals surface area contributed by atoms with E-state index in [0.717, 1.165) is 11.3 Å². The Balaban J connectivity index is 0. The molecule has 21 heavy (non-hydrogen) atoms. The fourth-order valence-corrected chi connectivity index (χ4v) is 1.34. The monoisotopic (exact) mass is 287 g/mol. The highest BCUT2D eigenvalue weighted by Crippen LogP contribution is 2.03. The maximum Gasteiger partial charge on any atom is 0.159 e. The number of anilines is 1. The van der Waals surface area contributed by atoms with Crippen LogP contribution < -0.4 is 5.73 Å². The molecule has 0 spiro atoms. The first-order valence-corrected chi connectivity index (χ1v) is 7.47. The highest BCUT2D eigenvalue weighted by molar-refractivity contribution is 5.93. The Morgan fingerprint density at radius 3 is 1.67 bits per heavy atom. The lowest BCUT2D eigenvalue weighted by Gasteiger charge is -1.91. The SMILES string of the molecule is CC.CC.CC(=O)c1ccccc1.Cc1cccc(N)c1. The van der Waals surface area contributed by atoms with Crippen LogP contribution in [-0.4, -0.2) is 5.78 Å². The Labute approximate surface area is 130 Å². The van der Waals surface area contributed by atoms with Crippen LogP contribution in [0.15, 0.2) is 54.6 Å². The lowest BCUT2D eigenvalue weighted by molar-refractivity contribution is 0.101. The maximum absolute atomic E-state index is 10.6. The van der Waals surface area contributed by atoms with Gasteiger partial charge in [-0.1, -0.05) is 70.2 Å². The highest BCUT2D eigenvalue weighted by Gasteiger charge is 1.92. The molecule has 0 atom stereocenters. The first kappa shape index (κ1) is 21.2. The largest absolute Gasteiger partial charge is 0.399 e. The molecule has 0 fully saturated rings. The fourth-order valence-electron chi connectivity index (χ4n) is 1.34. The number of benzene rings is 2. The molecule has 0 aliphatic rings. The van der Waals surface area contributed by atoms with Crippen molar-refractivity contribution in [3.05, 3.63) is 65.7 Å². The van der Waals surface area contributed by atoms with Crippen LogP contribution in [0.2, 0.25) is 0 Å². The summed E-state index contributed by atoms with van der Waals surface area (Å²) >= 11 is 0. The van der Waals surface area contributed by atoms with Gasteiger partial charge in [0.1, 0.15) is 0 Å². The molecule has 0 aromatic heterocycles. The number of aryl methyl sites for hydroxylation is 1. The quantitative estimate of drug-likeness (QED) is 0.554. The van der Waals surface area contributed by atoms with Crippen LogP contribution in [0.1, 0.15) is 50.5 Å². The third-order valence-corrected chi connectivity index (χ3v) is 2.22. The summed E-state index contributed by atoms with van der Waals surface area (Å²) in [4.78, 5) is 10.6. The Kier molecular flexibility index (Phi) is 14.5. The molecule has 0 unspecified atom stereocenters. The van der Waals surface area contributed by atoms with E-state index in [1.807, 2.05) is 89.2 Å². The minimum absolute atomic E-state index is 0.121. The zero-order valence-corrected chi connectivity index (χ0v) is 14.2. The molecule has 2 aromatic carbocycles. The molecule has 0 saturated heterocycles. The van der Waals surface area contributed by atoms with Gasteiger partial charge in [0, 0.05) is 11.3 Å². The molecule has 2 nitrogen and oxygen atoms in total.